The molecule has 2 aliphatic heterocycles. The van der Waals surface area contributed by atoms with E-state index in [2.05, 4.69) is 38.8 Å². The molecule has 3 aromatic rings. The Morgan fingerprint density at radius 2 is 1.94 bits per heavy atom. The van der Waals surface area contributed by atoms with E-state index in [-0.39, 0.29) is 0 Å². The van der Waals surface area contributed by atoms with Gasteiger partial charge in [0.15, 0.2) is 11.6 Å². The number of fused-ring (bicyclic) bond motifs is 1. The number of nitrogens with zero attached hydrogens (tertiary/aromatic N) is 5. The second-order valence-corrected chi connectivity index (χ2v) is 8.64. The highest BCUT2D eigenvalue weighted by atomic mass is 32.1. The number of methoxy groups -OCH3 is 1. The van der Waals surface area contributed by atoms with Crippen molar-refractivity contribution in [3.63, 3.8) is 0 Å². The summed E-state index contributed by atoms with van der Waals surface area (Å²) in [4.78, 5) is 20.3. The van der Waals surface area contributed by atoms with Crippen LogP contribution in [-0.2, 0) is 11.3 Å². The fourth-order valence-electron chi connectivity index (χ4n) is 3.97. The van der Waals surface area contributed by atoms with E-state index < -0.39 is 0 Å². The summed E-state index contributed by atoms with van der Waals surface area (Å²) in [6.07, 6.45) is 5.19. The standard InChI is InChI=1S/C21H26N6O2S.CH4S/c1-28-18-2-3-23-13-16(18)20-24-17-12-15(14-26-6-4-22-5-7-26)30-19(17)21(25-20)27-8-10-29-11-9-27;1-2/h2-3,12-13,22H,4-11,14H2,1H3;2H,1H3. The summed E-state index contributed by atoms with van der Waals surface area (Å²) in [5, 5.41) is 3.42. The van der Waals surface area contributed by atoms with Crippen LogP contribution in [0.25, 0.3) is 21.6 Å². The van der Waals surface area contributed by atoms with Gasteiger partial charge < -0.3 is 19.7 Å². The third kappa shape index (κ3) is 5.15. The lowest BCUT2D eigenvalue weighted by Crippen LogP contribution is -2.42. The van der Waals surface area contributed by atoms with Crippen LogP contribution in [0.5, 0.6) is 5.75 Å². The minimum Gasteiger partial charge on any atom is -0.496 e. The lowest BCUT2D eigenvalue weighted by Gasteiger charge is -2.28. The largest absolute Gasteiger partial charge is 0.496 e. The predicted molar refractivity (Wildman–Crippen MR) is 133 cm³/mol. The summed E-state index contributed by atoms with van der Waals surface area (Å²) in [5.41, 5.74) is 1.80. The van der Waals surface area contributed by atoms with Crippen molar-refractivity contribution in [3.8, 4) is 17.1 Å². The highest BCUT2D eigenvalue weighted by Crippen LogP contribution is 2.36. The number of anilines is 1. The second-order valence-electron chi connectivity index (χ2n) is 7.50. The lowest BCUT2D eigenvalue weighted by atomic mass is 10.2. The van der Waals surface area contributed by atoms with Crippen LogP contribution in [0.1, 0.15) is 4.88 Å². The zero-order valence-electron chi connectivity index (χ0n) is 18.6. The van der Waals surface area contributed by atoms with E-state index in [0.717, 1.165) is 86.4 Å². The Kier molecular flexibility index (Phi) is 8.15. The highest BCUT2D eigenvalue weighted by Gasteiger charge is 2.22. The van der Waals surface area contributed by atoms with Gasteiger partial charge in [0.25, 0.3) is 0 Å². The lowest BCUT2D eigenvalue weighted by molar-refractivity contribution is 0.122. The number of rotatable bonds is 5. The molecule has 0 aliphatic carbocycles. The van der Waals surface area contributed by atoms with Crippen molar-refractivity contribution < 1.29 is 9.47 Å². The first-order valence-electron chi connectivity index (χ1n) is 10.8. The predicted octanol–water partition coefficient (Wildman–Crippen LogP) is 2.55. The monoisotopic (exact) mass is 474 g/mol. The van der Waals surface area contributed by atoms with Gasteiger partial charge in [0.1, 0.15) is 5.75 Å². The minimum atomic E-state index is 0.653. The van der Waals surface area contributed by atoms with Gasteiger partial charge in [0, 0.05) is 63.1 Å². The molecule has 8 nitrogen and oxygen atoms in total. The van der Waals surface area contributed by atoms with Crippen molar-refractivity contribution in [2.24, 2.45) is 0 Å². The molecule has 0 unspecified atom stereocenters. The summed E-state index contributed by atoms with van der Waals surface area (Å²) < 4.78 is 12.3. The number of hydrogen-bond acceptors (Lipinski definition) is 10. The maximum Gasteiger partial charge on any atom is 0.167 e. The van der Waals surface area contributed by atoms with Gasteiger partial charge >= 0.3 is 0 Å². The van der Waals surface area contributed by atoms with Crippen LogP contribution < -0.4 is 15.0 Å². The normalized spacial score (nSPS) is 17.2. The van der Waals surface area contributed by atoms with Gasteiger partial charge in [-0.3, -0.25) is 9.88 Å². The number of thiol groups is 1. The van der Waals surface area contributed by atoms with E-state index >= 15 is 0 Å². The van der Waals surface area contributed by atoms with Crippen molar-refractivity contribution in [2.75, 3.05) is 70.7 Å². The molecule has 172 valence electrons. The molecule has 0 bridgehead atoms. The molecule has 0 radical (unpaired) electrons. The van der Waals surface area contributed by atoms with Crippen LogP contribution in [0, 0.1) is 0 Å². The number of pyridine rings is 1. The molecule has 2 fully saturated rings. The van der Waals surface area contributed by atoms with Gasteiger partial charge in [-0.15, -0.1) is 11.3 Å². The Morgan fingerprint density at radius 3 is 2.69 bits per heavy atom. The van der Waals surface area contributed by atoms with Gasteiger partial charge in [-0.2, -0.15) is 12.6 Å². The molecule has 0 amide bonds. The van der Waals surface area contributed by atoms with Gasteiger partial charge in [0.05, 0.1) is 36.1 Å². The molecule has 3 aromatic heterocycles. The van der Waals surface area contributed by atoms with Crippen molar-refractivity contribution in [3.05, 3.63) is 29.4 Å². The Morgan fingerprint density at radius 1 is 1.16 bits per heavy atom. The molecule has 2 saturated heterocycles. The van der Waals surface area contributed by atoms with Gasteiger partial charge in [0.2, 0.25) is 0 Å². The third-order valence-electron chi connectivity index (χ3n) is 5.55. The molecule has 0 spiro atoms. The molecule has 2 aliphatic rings. The van der Waals surface area contributed by atoms with Crippen molar-refractivity contribution in [1.29, 1.82) is 0 Å². The molecule has 32 heavy (non-hydrogen) atoms. The smallest absolute Gasteiger partial charge is 0.167 e. The summed E-state index contributed by atoms with van der Waals surface area (Å²) in [7, 11) is 1.66. The van der Waals surface area contributed by atoms with Crippen LogP contribution in [0.15, 0.2) is 24.5 Å². The van der Waals surface area contributed by atoms with Crippen LogP contribution in [0.4, 0.5) is 5.82 Å². The van der Waals surface area contributed by atoms with E-state index in [1.165, 1.54) is 4.88 Å². The first-order valence-corrected chi connectivity index (χ1v) is 12.5. The van der Waals surface area contributed by atoms with Crippen molar-refractivity contribution in [2.45, 2.75) is 6.54 Å². The highest BCUT2D eigenvalue weighted by molar-refractivity contribution is 7.79. The molecule has 0 aromatic carbocycles. The quantitative estimate of drug-likeness (QED) is 0.547. The summed E-state index contributed by atoms with van der Waals surface area (Å²) in [6.45, 7) is 8.32. The number of ether oxygens (including phenoxy) is 2. The van der Waals surface area contributed by atoms with Crippen LogP contribution in [-0.4, -0.2) is 85.7 Å². The molecule has 0 atom stereocenters. The number of morpholine rings is 1. The molecular formula is C22H30N6O2S2. The zero-order valence-corrected chi connectivity index (χ0v) is 20.3. The minimum absolute atomic E-state index is 0.653. The molecule has 0 saturated carbocycles. The summed E-state index contributed by atoms with van der Waals surface area (Å²) >= 11 is 5.34. The topological polar surface area (TPSA) is 75.6 Å². The second kappa shape index (κ2) is 11.2. The SMILES string of the molecule is COc1ccncc1-c1nc(N2CCOCC2)c2sc(CN3CCNCC3)cc2n1.CS. The van der Waals surface area contributed by atoms with E-state index in [1.54, 1.807) is 25.8 Å². The first-order chi connectivity index (χ1) is 15.8. The van der Waals surface area contributed by atoms with Crippen LogP contribution >= 0.6 is 24.0 Å². The third-order valence-corrected chi connectivity index (χ3v) is 6.65. The van der Waals surface area contributed by atoms with Gasteiger partial charge in [-0.05, 0) is 18.4 Å². The Hall–Kier alpha value is -1.98. The molecule has 1 N–H and O–H groups in total. The molecule has 10 heteroatoms. The zero-order chi connectivity index (χ0) is 22.3. The van der Waals surface area contributed by atoms with E-state index in [4.69, 9.17) is 19.4 Å². The Balaban J connectivity index is 0.00000119. The summed E-state index contributed by atoms with van der Waals surface area (Å²) in [6, 6.07) is 4.07. The molecule has 5 heterocycles. The fraction of sp³-hybridized carbons (Fsp3) is 0.500. The number of aromatic nitrogens is 3. The van der Waals surface area contributed by atoms with E-state index in [9.17, 15) is 0 Å². The summed E-state index contributed by atoms with van der Waals surface area (Å²) in [5.74, 6) is 2.37. The maximum absolute atomic E-state index is 5.57. The van der Waals surface area contributed by atoms with Gasteiger partial charge in [-0.25, -0.2) is 9.97 Å². The molecular weight excluding hydrogens is 444 g/mol. The number of hydrogen-bond donors (Lipinski definition) is 2. The number of thiophene rings is 1. The average molecular weight is 475 g/mol. The molecule has 5 rings (SSSR count). The number of nitrogens with one attached hydrogen (secondary N) is 1. The van der Waals surface area contributed by atoms with Crippen molar-refractivity contribution >= 4 is 40.0 Å². The van der Waals surface area contributed by atoms with Crippen LogP contribution in [0.2, 0.25) is 0 Å². The van der Waals surface area contributed by atoms with Gasteiger partial charge in [-0.1, -0.05) is 0 Å². The number of piperazine rings is 1. The first kappa shape index (κ1) is 23.2. The fourth-order valence-corrected chi connectivity index (χ4v) is 5.12. The van der Waals surface area contributed by atoms with Crippen molar-refractivity contribution in [1.82, 2.24) is 25.2 Å². The maximum atomic E-state index is 5.57. The average Bonchev–Trinajstić information content (AvgIpc) is 3.28. The Bertz CT molecular complexity index is 1020. The van der Waals surface area contributed by atoms with Crippen LogP contribution in [0.3, 0.4) is 0 Å². The van der Waals surface area contributed by atoms with E-state index in [0.29, 0.717) is 5.82 Å². The Labute approximate surface area is 198 Å². The van der Waals surface area contributed by atoms with E-state index in [1.807, 2.05) is 17.4 Å².